The van der Waals surface area contributed by atoms with Crippen LogP contribution in [0.15, 0.2) is 42.6 Å². The highest BCUT2D eigenvalue weighted by Crippen LogP contribution is 2.34. The summed E-state index contributed by atoms with van der Waals surface area (Å²) in [4.78, 5) is 19.5. The molecule has 1 aromatic carbocycles. The van der Waals surface area contributed by atoms with Gasteiger partial charge in [-0.3, -0.25) is 9.69 Å². The van der Waals surface area contributed by atoms with Crippen LogP contribution in [0.3, 0.4) is 0 Å². The van der Waals surface area contributed by atoms with Crippen LogP contribution in [-0.4, -0.2) is 55.2 Å². The molecule has 0 atom stereocenters. The molecular weight excluding hydrogens is 430 g/mol. The lowest BCUT2D eigenvalue weighted by atomic mass is 9.88. The Hall–Kier alpha value is -2.64. The zero-order chi connectivity index (χ0) is 23.8. The Morgan fingerprint density at radius 1 is 1.15 bits per heavy atom. The summed E-state index contributed by atoms with van der Waals surface area (Å²) in [7, 11) is 0. The third kappa shape index (κ3) is 7.18. The molecule has 7 heteroatoms. The summed E-state index contributed by atoms with van der Waals surface area (Å²) in [5, 5.41) is 3.15. The van der Waals surface area contributed by atoms with E-state index in [1.165, 1.54) is 0 Å². The van der Waals surface area contributed by atoms with Crippen LogP contribution in [0.25, 0.3) is 0 Å². The molecule has 0 spiro atoms. The zero-order valence-corrected chi connectivity index (χ0v) is 20.4. The van der Waals surface area contributed by atoms with Crippen molar-refractivity contribution < 1.29 is 19.0 Å². The number of para-hydroxylation sites is 2. The van der Waals surface area contributed by atoms with Gasteiger partial charge in [0, 0.05) is 38.1 Å². The first-order valence-corrected chi connectivity index (χ1v) is 12.4. The van der Waals surface area contributed by atoms with Crippen LogP contribution in [-0.2, 0) is 16.1 Å². The summed E-state index contributed by atoms with van der Waals surface area (Å²) in [5.74, 6) is 2.49. The Morgan fingerprint density at radius 3 is 2.76 bits per heavy atom. The number of benzene rings is 1. The molecule has 0 unspecified atom stereocenters. The number of pyridine rings is 1. The van der Waals surface area contributed by atoms with Crippen LogP contribution in [0.1, 0.15) is 45.1 Å². The lowest BCUT2D eigenvalue weighted by molar-refractivity contribution is -0.122. The molecule has 1 amide bonds. The van der Waals surface area contributed by atoms with E-state index in [4.69, 9.17) is 14.2 Å². The van der Waals surface area contributed by atoms with E-state index in [-0.39, 0.29) is 11.3 Å². The summed E-state index contributed by atoms with van der Waals surface area (Å²) in [6.45, 7) is 9.09. The summed E-state index contributed by atoms with van der Waals surface area (Å²) >= 11 is 0. The van der Waals surface area contributed by atoms with E-state index in [0.717, 1.165) is 63.3 Å². The molecule has 1 aromatic heterocycles. The summed E-state index contributed by atoms with van der Waals surface area (Å²) < 4.78 is 17.8. The van der Waals surface area contributed by atoms with Crippen LogP contribution < -0.4 is 14.8 Å². The van der Waals surface area contributed by atoms with Gasteiger partial charge in [-0.25, -0.2) is 4.98 Å². The lowest BCUT2D eigenvalue weighted by Crippen LogP contribution is -2.40. The minimum absolute atomic E-state index is 0.00322. The second-order valence-corrected chi connectivity index (χ2v) is 10.1. The number of hydrogen-bond donors (Lipinski definition) is 1. The molecule has 2 aliphatic heterocycles. The van der Waals surface area contributed by atoms with Crippen molar-refractivity contribution in [3.8, 4) is 17.4 Å². The van der Waals surface area contributed by atoms with Crippen molar-refractivity contribution in [3.05, 3.63) is 48.2 Å². The highest BCUT2D eigenvalue weighted by molar-refractivity contribution is 5.78. The first-order chi connectivity index (χ1) is 16.5. The van der Waals surface area contributed by atoms with E-state index in [2.05, 4.69) is 29.0 Å². The summed E-state index contributed by atoms with van der Waals surface area (Å²) in [6.07, 6.45) is 5.73. The van der Waals surface area contributed by atoms with Gasteiger partial charge in [0.05, 0.1) is 13.2 Å². The van der Waals surface area contributed by atoms with Crippen LogP contribution >= 0.6 is 0 Å². The normalized spacial score (nSPS) is 19.7. The maximum absolute atomic E-state index is 12.8. The number of fused-ring (bicyclic) bond motifs is 2. The topological polar surface area (TPSA) is 72.9 Å². The minimum Gasteiger partial charge on any atom is -0.489 e. The maximum Gasteiger partial charge on any atom is 0.234 e. The third-order valence-corrected chi connectivity index (χ3v) is 6.54. The molecule has 0 radical (unpaired) electrons. The maximum atomic E-state index is 12.8. The fourth-order valence-corrected chi connectivity index (χ4v) is 4.44. The number of carbonyl (C=O) groups is 1. The van der Waals surface area contributed by atoms with E-state index in [1.807, 2.05) is 36.4 Å². The molecule has 0 saturated carbocycles. The van der Waals surface area contributed by atoms with Gasteiger partial charge >= 0.3 is 0 Å². The molecule has 0 aliphatic carbocycles. The monoisotopic (exact) mass is 467 g/mol. The first-order valence-electron chi connectivity index (χ1n) is 12.4. The molecule has 184 valence electrons. The number of nitrogens with zero attached hydrogens (tertiary/aromatic N) is 2. The third-order valence-electron chi connectivity index (χ3n) is 6.54. The second kappa shape index (κ2) is 11.7. The fraction of sp³-hybridized carbons (Fsp3) is 0.556. The Labute approximate surface area is 202 Å². The van der Waals surface area contributed by atoms with E-state index in [1.54, 1.807) is 6.20 Å². The number of aromatic nitrogens is 1. The Morgan fingerprint density at radius 2 is 1.94 bits per heavy atom. The van der Waals surface area contributed by atoms with Crippen molar-refractivity contribution in [1.82, 2.24) is 15.2 Å². The van der Waals surface area contributed by atoms with E-state index in [0.29, 0.717) is 37.2 Å². The fourth-order valence-electron chi connectivity index (χ4n) is 4.44. The van der Waals surface area contributed by atoms with Crippen LogP contribution in [0, 0.1) is 11.3 Å². The van der Waals surface area contributed by atoms with Crippen molar-refractivity contribution in [1.29, 1.82) is 0 Å². The van der Waals surface area contributed by atoms with Crippen molar-refractivity contribution in [2.45, 2.75) is 46.1 Å². The van der Waals surface area contributed by atoms with Crippen LogP contribution in [0.5, 0.6) is 17.4 Å². The molecule has 7 nitrogen and oxygen atoms in total. The number of carbonyl (C=O) groups excluding carboxylic acids is 1. The van der Waals surface area contributed by atoms with Crippen molar-refractivity contribution >= 4 is 5.91 Å². The van der Waals surface area contributed by atoms with Gasteiger partial charge in [-0.05, 0) is 61.8 Å². The smallest absolute Gasteiger partial charge is 0.234 e. The Bertz CT molecular complexity index is 943. The molecule has 4 rings (SSSR count). The Kier molecular flexibility index (Phi) is 8.40. The van der Waals surface area contributed by atoms with Gasteiger partial charge in [-0.2, -0.15) is 0 Å². The van der Waals surface area contributed by atoms with Gasteiger partial charge in [0.25, 0.3) is 0 Å². The van der Waals surface area contributed by atoms with E-state index >= 15 is 0 Å². The molecule has 2 aromatic rings. The SMILES string of the molecule is CC1(C)CCCN(CC(=O)NCC2CCOCC2)Cc2cccnc2Oc2ccccc2OC1. The molecule has 1 fully saturated rings. The van der Waals surface area contributed by atoms with Gasteiger partial charge in [0.2, 0.25) is 11.8 Å². The first kappa shape index (κ1) is 24.5. The molecule has 1 saturated heterocycles. The number of rotatable bonds is 4. The average molecular weight is 468 g/mol. The summed E-state index contributed by atoms with van der Waals surface area (Å²) in [6, 6.07) is 11.7. The molecule has 3 heterocycles. The zero-order valence-electron chi connectivity index (χ0n) is 20.4. The van der Waals surface area contributed by atoms with E-state index in [9.17, 15) is 4.79 Å². The van der Waals surface area contributed by atoms with E-state index < -0.39 is 0 Å². The highest BCUT2D eigenvalue weighted by Gasteiger charge is 2.23. The molecule has 1 N–H and O–H groups in total. The second-order valence-electron chi connectivity index (χ2n) is 10.1. The van der Waals surface area contributed by atoms with Crippen molar-refractivity contribution in [2.24, 2.45) is 11.3 Å². The average Bonchev–Trinajstić information content (AvgIpc) is 2.84. The van der Waals surface area contributed by atoms with Gasteiger partial charge in [0.15, 0.2) is 11.5 Å². The lowest BCUT2D eigenvalue weighted by Gasteiger charge is -2.27. The quantitative estimate of drug-likeness (QED) is 0.718. The number of hydrogen-bond acceptors (Lipinski definition) is 6. The van der Waals surface area contributed by atoms with Crippen molar-refractivity contribution in [3.63, 3.8) is 0 Å². The molecular formula is C27H37N3O4. The van der Waals surface area contributed by atoms with Gasteiger partial charge < -0.3 is 19.5 Å². The molecule has 34 heavy (non-hydrogen) atoms. The van der Waals surface area contributed by atoms with Crippen LogP contribution in [0.2, 0.25) is 0 Å². The predicted octanol–water partition coefficient (Wildman–Crippen LogP) is 4.42. The Balaban J connectivity index is 1.49. The number of amides is 1. The van der Waals surface area contributed by atoms with Crippen molar-refractivity contribution in [2.75, 3.05) is 39.5 Å². The minimum atomic E-state index is 0.00322. The highest BCUT2D eigenvalue weighted by atomic mass is 16.5. The standard InChI is InChI=1S/C27H37N3O4/c1-27(2)12-6-14-30(19-25(31)29-17-21-10-15-32-16-11-21)18-22-7-5-13-28-26(22)34-24-9-4-3-8-23(24)33-20-27/h3-5,7-9,13,21H,6,10-12,14-20H2,1-2H3,(H,29,31). The largest absolute Gasteiger partial charge is 0.489 e. The molecule has 2 aliphatic rings. The van der Waals surface area contributed by atoms with Gasteiger partial charge in [-0.15, -0.1) is 0 Å². The summed E-state index contributed by atoms with van der Waals surface area (Å²) in [5.41, 5.74) is 0.955. The predicted molar refractivity (Wildman–Crippen MR) is 131 cm³/mol. The van der Waals surface area contributed by atoms with Gasteiger partial charge in [0.1, 0.15) is 0 Å². The van der Waals surface area contributed by atoms with Crippen LogP contribution in [0.4, 0.5) is 0 Å². The number of ether oxygens (including phenoxy) is 3. The number of nitrogens with one attached hydrogen (secondary N) is 1. The molecule has 0 bridgehead atoms. The van der Waals surface area contributed by atoms with Gasteiger partial charge in [-0.1, -0.05) is 32.0 Å².